The molecule has 0 saturated carbocycles. The van der Waals surface area contributed by atoms with Crippen molar-refractivity contribution < 1.29 is 9.47 Å². The van der Waals surface area contributed by atoms with Gasteiger partial charge in [-0.1, -0.05) is 87.0 Å². The average molecular weight is 360 g/mol. The molecule has 3 rings (SSSR count). The minimum atomic E-state index is 0.541. The minimum Gasteiger partial charge on any atom is -0.485 e. The van der Waals surface area contributed by atoms with Crippen molar-refractivity contribution in [3.63, 3.8) is 0 Å². The van der Waals surface area contributed by atoms with Crippen LogP contribution in [-0.2, 0) is 26.1 Å². The molecule has 3 aromatic carbocycles. The molecule has 0 saturated heterocycles. The second-order valence-electron chi connectivity index (χ2n) is 6.68. The van der Waals surface area contributed by atoms with Gasteiger partial charge in [0.05, 0.1) is 0 Å². The number of hydrogen-bond donors (Lipinski definition) is 0. The van der Waals surface area contributed by atoms with Gasteiger partial charge in [0.2, 0.25) is 0 Å². The van der Waals surface area contributed by atoms with Crippen LogP contribution in [0.25, 0.3) is 0 Å². The molecule has 0 amide bonds. The Morgan fingerprint density at radius 1 is 0.667 bits per heavy atom. The highest BCUT2D eigenvalue weighted by molar-refractivity contribution is 5.51. The van der Waals surface area contributed by atoms with E-state index in [2.05, 4.69) is 50.2 Å². The number of ether oxygens (including phenoxy) is 2. The summed E-state index contributed by atoms with van der Waals surface area (Å²) in [4.78, 5) is 0. The van der Waals surface area contributed by atoms with Crippen LogP contribution in [0.4, 0.5) is 0 Å². The van der Waals surface area contributed by atoms with Gasteiger partial charge >= 0.3 is 0 Å². The molecule has 2 heteroatoms. The zero-order chi connectivity index (χ0) is 18.9. The van der Waals surface area contributed by atoms with Crippen LogP contribution in [-0.4, -0.2) is 0 Å². The highest BCUT2D eigenvalue weighted by Gasteiger charge is 2.15. The molecule has 0 aliphatic rings. The van der Waals surface area contributed by atoms with E-state index in [1.165, 1.54) is 11.1 Å². The van der Waals surface area contributed by atoms with Crippen LogP contribution in [0.5, 0.6) is 11.5 Å². The van der Waals surface area contributed by atoms with Crippen molar-refractivity contribution in [2.75, 3.05) is 0 Å². The SMILES string of the molecule is CCCc1c(CC)ccc(OCc2ccccc2)c1OCc1ccccc1. The third-order valence-corrected chi connectivity index (χ3v) is 4.67. The lowest BCUT2D eigenvalue weighted by molar-refractivity contribution is 0.253. The molecule has 27 heavy (non-hydrogen) atoms. The van der Waals surface area contributed by atoms with Crippen LogP contribution in [0, 0.1) is 0 Å². The van der Waals surface area contributed by atoms with Crippen LogP contribution in [0.1, 0.15) is 42.5 Å². The van der Waals surface area contributed by atoms with Gasteiger partial charge in [0.25, 0.3) is 0 Å². The standard InChI is InChI=1S/C25H28O2/c1-3-11-23-22(4-2)16-17-24(26-18-20-12-7-5-8-13-20)25(23)27-19-21-14-9-6-10-15-21/h5-10,12-17H,3-4,11,18-19H2,1-2H3. The molecule has 0 aliphatic heterocycles. The predicted molar refractivity (Wildman–Crippen MR) is 111 cm³/mol. The summed E-state index contributed by atoms with van der Waals surface area (Å²) in [6, 6.07) is 24.8. The third kappa shape index (κ3) is 5.13. The first kappa shape index (κ1) is 19.0. The molecule has 0 fully saturated rings. The molecule has 0 heterocycles. The van der Waals surface area contributed by atoms with Crippen LogP contribution in [0.15, 0.2) is 72.8 Å². The Morgan fingerprint density at radius 3 is 1.81 bits per heavy atom. The molecule has 140 valence electrons. The largest absolute Gasteiger partial charge is 0.485 e. The smallest absolute Gasteiger partial charge is 0.165 e. The summed E-state index contributed by atoms with van der Waals surface area (Å²) in [5, 5.41) is 0. The second-order valence-corrected chi connectivity index (χ2v) is 6.68. The maximum Gasteiger partial charge on any atom is 0.165 e. The summed E-state index contributed by atoms with van der Waals surface area (Å²) in [5.74, 6) is 1.73. The second kappa shape index (κ2) is 9.82. The number of rotatable bonds is 9. The molecule has 0 aromatic heterocycles. The van der Waals surface area contributed by atoms with Gasteiger partial charge in [0.15, 0.2) is 11.5 Å². The van der Waals surface area contributed by atoms with Gasteiger partial charge in [0, 0.05) is 5.56 Å². The lowest BCUT2D eigenvalue weighted by Crippen LogP contribution is -2.05. The molecule has 0 atom stereocenters. The van der Waals surface area contributed by atoms with Gasteiger partial charge in [-0.25, -0.2) is 0 Å². The van der Waals surface area contributed by atoms with Crippen LogP contribution in [0.2, 0.25) is 0 Å². The predicted octanol–water partition coefficient (Wildman–Crippen LogP) is 6.36. The van der Waals surface area contributed by atoms with E-state index in [1.807, 2.05) is 36.4 Å². The normalized spacial score (nSPS) is 10.6. The first-order chi connectivity index (χ1) is 13.3. The van der Waals surface area contributed by atoms with E-state index < -0.39 is 0 Å². The first-order valence-electron chi connectivity index (χ1n) is 9.80. The third-order valence-electron chi connectivity index (χ3n) is 4.67. The van der Waals surface area contributed by atoms with Gasteiger partial charge < -0.3 is 9.47 Å². The minimum absolute atomic E-state index is 0.541. The van der Waals surface area contributed by atoms with Gasteiger partial charge in [-0.05, 0) is 35.6 Å². The summed E-state index contributed by atoms with van der Waals surface area (Å²) in [6.07, 6.45) is 3.07. The summed E-state index contributed by atoms with van der Waals surface area (Å²) in [6.45, 7) is 5.49. The van der Waals surface area contributed by atoms with Gasteiger partial charge in [-0.2, -0.15) is 0 Å². The van der Waals surface area contributed by atoms with E-state index in [9.17, 15) is 0 Å². The zero-order valence-corrected chi connectivity index (χ0v) is 16.3. The van der Waals surface area contributed by atoms with Crippen molar-refractivity contribution in [1.82, 2.24) is 0 Å². The first-order valence-corrected chi connectivity index (χ1v) is 9.80. The fourth-order valence-corrected chi connectivity index (χ4v) is 3.24. The molecule has 3 aromatic rings. The van der Waals surface area contributed by atoms with Crippen molar-refractivity contribution in [2.24, 2.45) is 0 Å². The Hall–Kier alpha value is -2.74. The van der Waals surface area contributed by atoms with Gasteiger partial charge in [-0.3, -0.25) is 0 Å². The molecule has 0 N–H and O–H groups in total. The highest BCUT2D eigenvalue weighted by atomic mass is 16.5. The fourth-order valence-electron chi connectivity index (χ4n) is 3.24. The molecule has 2 nitrogen and oxygen atoms in total. The fraction of sp³-hybridized carbons (Fsp3) is 0.280. The maximum absolute atomic E-state index is 6.31. The summed E-state index contributed by atoms with van der Waals surface area (Å²) >= 11 is 0. The molecule has 0 radical (unpaired) electrons. The van der Waals surface area contributed by atoms with E-state index in [4.69, 9.17) is 9.47 Å². The van der Waals surface area contributed by atoms with Crippen LogP contribution < -0.4 is 9.47 Å². The van der Waals surface area contributed by atoms with Crippen molar-refractivity contribution in [3.8, 4) is 11.5 Å². The molecule has 0 bridgehead atoms. The topological polar surface area (TPSA) is 18.5 Å². The van der Waals surface area contributed by atoms with Crippen molar-refractivity contribution in [3.05, 3.63) is 95.1 Å². The number of hydrogen-bond acceptors (Lipinski definition) is 2. The van der Waals surface area contributed by atoms with Crippen LogP contribution in [0.3, 0.4) is 0 Å². The highest BCUT2D eigenvalue weighted by Crippen LogP contribution is 2.36. The van der Waals surface area contributed by atoms with E-state index in [0.29, 0.717) is 13.2 Å². The van der Waals surface area contributed by atoms with E-state index in [-0.39, 0.29) is 0 Å². The quantitative estimate of drug-likeness (QED) is 0.442. The average Bonchev–Trinajstić information content (AvgIpc) is 2.73. The van der Waals surface area contributed by atoms with E-state index >= 15 is 0 Å². The Labute approximate surface area is 162 Å². The van der Waals surface area contributed by atoms with Crippen molar-refractivity contribution >= 4 is 0 Å². The number of benzene rings is 3. The molecular weight excluding hydrogens is 332 g/mol. The zero-order valence-electron chi connectivity index (χ0n) is 16.3. The van der Waals surface area contributed by atoms with Crippen molar-refractivity contribution in [2.45, 2.75) is 46.3 Å². The lowest BCUT2D eigenvalue weighted by Gasteiger charge is -2.19. The molecule has 0 spiro atoms. The lowest BCUT2D eigenvalue weighted by atomic mass is 9.99. The summed E-state index contributed by atoms with van der Waals surface area (Å²) < 4.78 is 12.5. The van der Waals surface area contributed by atoms with E-state index in [1.54, 1.807) is 0 Å². The van der Waals surface area contributed by atoms with Gasteiger partial charge in [-0.15, -0.1) is 0 Å². The Bertz CT molecular complexity index is 826. The van der Waals surface area contributed by atoms with Gasteiger partial charge in [0.1, 0.15) is 13.2 Å². The Balaban J connectivity index is 1.87. The number of aryl methyl sites for hydroxylation is 1. The Morgan fingerprint density at radius 2 is 1.26 bits per heavy atom. The molecular formula is C25H28O2. The molecule has 0 aliphatic carbocycles. The van der Waals surface area contributed by atoms with E-state index in [0.717, 1.165) is 41.9 Å². The Kier molecular flexibility index (Phi) is 6.92. The maximum atomic E-state index is 6.31. The summed E-state index contributed by atoms with van der Waals surface area (Å²) in [7, 11) is 0. The monoisotopic (exact) mass is 360 g/mol. The van der Waals surface area contributed by atoms with Crippen LogP contribution >= 0.6 is 0 Å². The van der Waals surface area contributed by atoms with Crippen molar-refractivity contribution in [1.29, 1.82) is 0 Å². The molecule has 0 unspecified atom stereocenters. The summed E-state index contributed by atoms with van der Waals surface area (Å²) in [5.41, 5.74) is 4.94.